The zero-order valence-corrected chi connectivity index (χ0v) is 18.5. The summed E-state index contributed by atoms with van der Waals surface area (Å²) in [7, 11) is -0.639. The lowest BCUT2D eigenvalue weighted by Gasteiger charge is -2.13. The van der Waals surface area contributed by atoms with Crippen LogP contribution in [0.5, 0.6) is 0 Å². The van der Waals surface area contributed by atoms with Gasteiger partial charge in [-0.3, -0.25) is 4.79 Å². The molecule has 1 aromatic heterocycles. The average Bonchev–Trinajstić information content (AvgIpc) is 3.23. The summed E-state index contributed by atoms with van der Waals surface area (Å²) < 4.78 is 27.3. The number of imidazole rings is 1. The molecule has 4 aromatic rings. The van der Waals surface area contributed by atoms with Crippen molar-refractivity contribution in [3.8, 4) is 11.4 Å². The van der Waals surface area contributed by atoms with Crippen LogP contribution in [0, 0.1) is 0 Å². The number of nitrogens with one attached hydrogen (secondary N) is 3. The highest BCUT2D eigenvalue weighted by atomic mass is 32.2. The smallest absolute Gasteiger partial charge is 0.279 e. The molecule has 0 radical (unpaired) electrons. The molecule has 0 fully saturated rings. The molecule has 0 bridgehead atoms. The van der Waals surface area contributed by atoms with Crippen molar-refractivity contribution in [3.05, 3.63) is 83.9 Å². The van der Waals surface area contributed by atoms with Gasteiger partial charge >= 0.3 is 0 Å². The minimum absolute atomic E-state index is 0.0911. The third-order valence-electron chi connectivity index (χ3n) is 4.93. The van der Waals surface area contributed by atoms with Crippen LogP contribution in [0.3, 0.4) is 0 Å². The van der Waals surface area contributed by atoms with E-state index >= 15 is 0 Å². The van der Waals surface area contributed by atoms with E-state index < -0.39 is 10.2 Å². The molecule has 3 N–H and O–H groups in total. The molecule has 4 rings (SSSR count). The molecular formula is C23H23N5O3S. The van der Waals surface area contributed by atoms with Crippen LogP contribution in [0.15, 0.2) is 72.8 Å². The fraction of sp³-hybridized carbons (Fsp3) is 0.130. The van der Waals surface area contributed by atoms with Gasteiger partial charge in [-0.15, -0.1) is 0 Å². The summed E-state index contributed by atoms with van der Waals surface area (Å²) in [4.78, 5) is 20.5. The highest BCUT2D eigenvalue weighted by molar-refractivity contribution is 7.87. The molecule has 1 heterocycles. The van der Waals surface area contributed by atoms with Crippen molar-refractivity contribution < 1.29 is 13.2 Å². The van der Waals surface area contributed by atoms with E-state index in [2.05, 4.69) is 20.0 Å². The number of amides is 1. The van der Waals surface area contributed by atoms with Gasteiger partial charge in [0.2, 0.25) is 0 Å². The normalized spacial score (nSPS) is 11.7. The second-order valence-corrected chi connectivity index (χ2v) is 9.41. The predicted octanol–water partition coefficient (Wildman–Crippen LogP) is 3.38. The van der Waals surface area contributed by atoms with Crippen LogP contribution in [0.25, 0.3) is 22.4 Å². The maximum absolute atomic E-state index is 12.7. The molecule has 0 spiro atoms. The molecule has 0 saturated heterocycles. The number of aromatic amines is 1. The number of aromatic nitrogens is 2. The molecule has 0 saturated carbocycles. The number of para-hydroxylation sites is 2. The average molecular weight is 450 g/mol. The first kappa shape index (κ1) is 21.7. The summed E-state index contributed by atoms with van der Waals surface area (Å²) >= 11 is 0. The van der Waals surface area contributed by atoms with Crippen LogP contribution in [0.4, 0.5) is 5.69 Å². The molecule has 0 atom stereocenters. The minimum Gasteiger partial charge on any atom is -0.338 e. The Kier molecular flexibility index (Phi) is 6.04. The van der Waals surface area contributed by atoms with Gasteiger partial charge in [-0.1, -0.05) is 24.3 Å². The lowest BCUT2D eigenvalue weighted by Crippen LogP contribution is -2.35. The van der Waals surface area contributed by atoms with Crippen molar-refractivity contribution in [1.29, 1.82) is 0 Å². The molecular weight excluding hydrogens is 426 g/mol. The number of H-pyrrole nitrogens is 1. The molecule has 8 nitrogen and oxygen atoms in total. The van der Waals surface area contributed by atoms with Crippen LogP contribution in [0.2, 0.25) is 0 Å². The highest BCUT2D eigenvalue weighted by Gasteiger charge is 2.13. The fourth-order valence-electron chi connectivity index (χ4n) is 3.13. The molecule has 0 aliphatic rings. The maximum atomic E-state index is 12.7. The number of fused-ring (bicyclic) bond motifs is 1. The van der Waals surface area contributed by atoms with E-state index in [0.717, 1.165) is 26.7 Å². The Balaban J connectivity index is 1.43. The molecule has 0 aliphatic carbocycles. The predicted molar refractivity (Wildman–Crippen MR) is 125 cm³/mol. The zero-order valence-electron chi connectivity index (χ0n) is 17.7. The first-order chi connectivity index (χ1) is 15.3. The molecule has 0 unspecified atom stereocenters. The van der Waals surface area contributed by atoms with Crippen molar-refractivity contribution in [2.75, 3.05) is 19.4 Å². The van der Waals surface area contributed by atoms with Crippen molar-refractivity contribution >= 4 is 32.8 Å². The largest absolute Gasteiger partial charge is 0.338 e. The van der Waals surface area contributed by atoms with Crippen LogP contribution in [-0.4, -0.2) is 42.7 Å². The summed E-state index contributed by atoms with van der Waals surface area (Å²) in [6.07, 6.45) is 0. The molecule has 1 amide bonds. The molecule has 164 valence electrons. The van der Waals surface area contributed by atoms with Gasteiger partial charge in [-0.25, -0.2) is 4.98 Å². The standard InChI is InChI=1S/C23H23N5O3S/c1-28(2)32(30,31)24-15-16-6-5-7-18(14-16)23(29)25-19-12-10-17(11-13-19)22-26-20-8-3-4-9-21(20)27-22/h3-14,24H,15H2,1-2H3,(H,25,29)(H,26,27). The topological polar surface area (TPSA) is 107 Å². The van der Waals surface area contributed by atoms with Gasteiger partial charge in [0.25, 0.3) is 16.1 Å². The first-order valence-electron chi connectivity index (χ1n) is 9.94. The highest BCUT2D eigenvalue weighted by Crippen LogP contribution is 2.22. The quantitative estimate of drug-likeness (QED) is 0.402. The Labute approximate surface area is 186 Å². The molecule has 9 heteroatoms. The van der Waals surface area contributed by atoms with Crippen molar-refractivity contribution in [2.45, 2.75) is 6.54 Å². The number of benzene rings is 3. The van der Waals surface area contributed by atoms with Gasteiger partial charge in [0.05, 0.1) is 11.0 Å². The number of rotatable bonds is 7. The molecule has 3 aromatic carbocycles. The van der Waals surface area contributed by atoms with Gasteiger partial charge in [0.15, 0.2) is 0 Å². The fourth-order valence-corrected chi connectivity index (χ4v) is 3.74. The van der Waals surface area contributed by atoms with Gasteiger partial charge in [0, 0.05) is 37.5 Å². The van der Waals surface area contributed by atoms with E-state index in [0.29, 0.717) is 16.8 Å². The third-order valence-corrected chi connectivity index (χ3v) is 6.40. The third kappa shape index (κ3) is 4.86. The second kappa shape index (κ2) is 8.91. The summed E-state index contributed by atoms with van der Waals surface area (Å²) in [5.41, 5.74) is 4.54. The van der Waals surface area contributed by atoms with Gasteiger partial charge in [-0.2, -0.15) is 17.4 Å². The van der Waals surface area contributed by atoms with Crippen LogP contribution >= 0.6 is 0 Å². The monoisotopic (exact) mass is 449 g/mol. The Hall–Kier alpha value is -3.53. The number of nitrogens with zero attached hydrogens (tertiary/aromatic N) is 2. The van der Waals surface area contributed by atoms with Crippen LogP contribution in [0.1, 0.15) is 15.9 Å². The van der Waals surface area contributed by atoms with E-state index in [4.69, 9.17) is 0 Å². The summed E-state index contributed by atoms with van der Waals surface area (Å²) in [5.74, 6) is 0.482. The number of hydrogen-bond acceptors (Lipinski definition) is 4. The van der Waals surface area contributed by atoms with Crippen molar-refractivity contribution in [2.24, 2.45) is 0 Å². The minimum atomic E-state index is -3.54. The van der Waals surface area contributed by atoms with Gasteiger partial charge < -0.3 is 10.3 Å². The Morgan fingerprint density at radius 1 is 1.00 bits per heavy atom. The second-order valence-electron chi connectivity index (χ2n) is 7.44. The number of hydrogen-bond donors (Lipinski definition) is 3. The first-order valence-corrected chi connectivity index (χ1v) is 11.4. The lowest BCUT2D eigenvalue weighted by molar-refractivity contribution is 0.102. The zero-order chi connectivity index (χ0) is 22.7. The van der Waals surface area contributed by atoms with Crippen molar-refractivity contribution in [1.82, 2.24) is 19.0 Å². The number of anilines is 1. The summed E-state index contributed by atoms with van der Waals surface area (Å²) in [6, 6.07) is 22.1. The van der Waals surface area contributed by atoms with E-state index in [-0.39, 0.29) is 12.5 Å². The number of carbonyl (C=O) groups excluding carboxylic acids is 1. The Morgan fingerprint density at radius 2 is 1.75 bits per heavy atom. The van der Waals surface area contributed by atoms with E-state index in [9.17, 15) is 13.2 Å². The number of carbonyl (C=O) groups is 1. The summed E-state index contributed by atoms with van der Waals surface area (Å²) in [5, 5.41) is 2.86. The molecule has 0 aliphatic heterocycles. The summed E-state index contributed by atoms with van der Waals surface area (Å²) in [6.45, 7) is 0.0911. The Bertz CT molecular complexity index is 1330. The lowest BCUT2D eigenvalue weighted by atomic mass is 10.1. The van der Waals surface area contributed by atoms with Crippen LogP contribution < -0.4 is 10.0 Å². The van der Waals surface area contributed by atoms with E-state index in [1.54, 1.807) is 24.3 Å². The van der Waals surface area contributed by atoms with Crippen molar-refractivity contribution in [3.63, 3.8) is 0 Å². The van der Waals surface area contributed by atoms with Crippen LogP contribution in [-0.2, 0) is 16.8 Å². The van der Waals surface area contributed by atoms with E-state index in [1.165, 1.54) is 14.1 Å². The van der Waals surface area contributed by atoms with Gasteiger partial charge in [0.1, 0.15) is 5.82 Å². The van der Waals surface area contributed by atoms with E-state index in [1.807, 2.05) is 48.5 Å². The maximum Gasteiger partial charge on any atom is 0.279 e. The van der Waals surface area contributed by atoms with Gasteiger partial charge in [-0.05, 0) is 54.1 Å². The Morgan fingerprint density at radius 3 is 2.47 bits per heavy atom. The SMILES string of the molecule is CN(C)S(=O)(=O)NCc1cccc(C(=O)Nc2ccc(-c3nc4ccccc4[nH]3)cc2)c1. The molecule has 32 heavy (non-hydrogen) atoms.